The SMILES string of the molecule is CCOCC(CNC(C)(C)C)C1CCCC1. The van der Waals surface area contributed by atoms with Gasteiger partial charge in [-0.2, -0.15) is 0 Å². The van der Waals surface area contributed by atoms with E-state index >= 15 is 0 Å². The van der Waals surface area contributed by atoms with Crippen LogP contribution in [0.1, 0.15) is 53.4 Å². The van der Waals surface area contributed by atoms with Gasteiger partial charge in [-0.3, -0.25) is 0 Å². The predicted octanol–water partition coefficient (Wildman–Crippen LogP) is 3.22. The molecule has 2 heteroatoms. The summed E-state index contributed by atoms with van der Waals surface area (Å²) in [6.07, 6.45) is 5.65. The molecule has 1 unspecified atom stereocenters. The Morgan fingerprint density at radius 2 is 1.88 bits per heavy atom. The molecule has 0 aromatic heterocycles. The number of nitrogens with one attached hydrogen (secondary N) is 1. The molecule has 1 aliphatic rings. The number of hydrogen-bond donors (Lipinski definition) is 1. The van der Waals surface area contributed by atoms with Gasteiger partial charge < -0.3 is 10.1 Å². The maximum absolute atomic E-state index is 5.63. The first-order valence-electron chi connectivity index (χ1n) is 6.85. The van der Waals surface area contributed by atoms with Gasteiger partial charge in [0.25, 0.3) is 0 Å². The topological polar surface area (TPSA) is 21.3 Å². The molecule has 0 aromatic rings. The van der Waals surface area contributed by atoms with E-state index in [2.05, 4.69) is 33.0 Å². The van der Waals surface area contributed by atoms with Crippen molar-refractivity contribution in [3.05, 3.63) is 0 Å². The van der Waals surface area contributed by atoms with Crippen molar-refractivity contribution in [2.24, 2.45) is 11.8 Å². The van der Waals surface area contributed by atoms with E-state index in [-0.39, 0.29) is 5.54 Å². The lowest BCUT2D eigenvalue weighted by Gasteiger charge is -2.28. The smallest absolute Gasteiger partial charge is 0.0508 e. The van der Waals surface area contributed by atoms with E-state index < -0.39 is 0 Å². The van der Waals surface area contributed by atoms with E-state index in [1.807, 2.05) is 0 Å². The molecule has 0 aromatic carbocycles. The summed E-state index contributed by atoms with van der Waals surface area (Å²) in [4.78, 5) is 0. The molecule has 0 spiro atoms. The van der Waals surface area contributed by atoms with Crippen LogP contribution in [0.15, 0.2) is 0 Å². The summed E-state index contributed by atoms with van der Waals surface area (Å²) in [6.45, 7) is 11.7. The average molecular weight is 227 g/mol. The minimum atomic E-state index is 0.225. The van der Waals surface area contributed by atoms with Crippen LogP contribution in [0, 0.1) is 11.8 Å². The highest BCUT2D eigenvalue weighted by molar-refractivity contribution is 4.80. The molecule has 0 aliphatic heterocycles. The predicted molar refractivity (Wildman–Crippen MR) is 69.7 cm³/mol. The minimum absolute atomic E-state index is 0.225. The zero-order chi connectivity index (χ0) is 12.0. The van der Waals surface area contributed by atoms with Gasteiger partial charge in [-0.1, -0.05) is 25.7 Å². The first-order chi connectivity index (χ1) is 7.53. The van der Waals surface area contributed by atoms with Crippen molar-refractivity contribution in [2.45, 2.75) is 58.9 Å². The molecule has 96 valence electrons. The third kappa shape index (κ3) is 5.31. The van der Waals surface area contributed by atoms with E-state index in [4.69, 9.17) is 4.74 Å². The van der Waals surface area contributed by atoms with E-state index in [9.17, 15) is 0 Å². The second-order valence-corrected chi connectivity index (χ2v) is 6.09. The summed E-state index contributed by atoms with van der Waals surface area (Å²) in [5.41, 5.74) is 0.225. The Morgan fingerprint density at radius 3 is 2.38 bits per heavy atom. The van der Waals surface area contributed by atoms with Gasteiger partial charge in [-0.25, -0.2) is 0 Å². The fourth-order valence-corrected chi connectivity index (χ4v) is 2.50. The van der Waals surface area contributed by atoms with Gasteiger partial charge in [0.2, 0.25) is 0 Å². The van der Waals surface area contributed by atoms with E-state index in [0.29, 0.717) is 5.92 Å². The third-order valence-electron chi connectivity index (χ3n) is 3.50. The molecule has 1 fully saturated rings. The Morgan fingerprint density at radius 1 is 1.25 bits per heavy atom. The molecular formula is C14H29NO. The van der Waals surface area contributed by atoms with Crippen molar-refractivity contribution in [3.63, 3.8) is 0 Å². The van der Waals surface area contributed by atoms with Gasteiger partial charge in [0.05, 0.1) is 6.61 Å². The molecule has 0 saturated heterocycles. The highest BCUT2D eigenvalue weighted by Gasteiger charge is 2.26. The van der Waals surface area contributed by atoms with Crippen molar-refractivity contribution in [1.29, 1.82) is 0 Å². The molecule has 0 heterocycles. The highest BCUT2D eigenvalue weighted by atomic mass is 16.5. The second-order valence-electron chi connectivity index (χ2n) is 6.09. The van der Waals surface area contributed by atoms with Crippen LogP contribution < -0.4 is 5.32 Å². The van der Waals surface area contributed by atoms with E-state index in [1.54, 1.807) is 0 Å². The standard InChI is InChI=1S/C14H29NO/c1-5-16-11-13(10-15-14(2,3)4)12-8-6-7-9-12/h12-13,15H,5-11H2,1-4H3. The Balaban J connectivity index is 2.36. The summed E-state index contributed by atoms with van der Waals surface area (Å²) in [5.74, 6) is 1.60. The van der Waals surface area contributed by atoms with Gasteiger partial charge >= 0.3 is 0 Å². The molecule has 2 nitrogen and oxygen atoms in total. The minimum Gasteiger partial charge on any atom is -0.381 e. The van der Waals surface area contributed by atoms with Crippen LogP contribution >= 0.6 is 0 Å². The lowest BCUT2D eigenvalue weighted by molar-refractivity contribution is 0.0829. The molecule has 16 heavy (non-hydrogen) atoms. The zero-order valence-electron chi connectivity index (χ0n) is 11.5. The first-order valence-corrected chi connectivity index (χ1v) is 6.85. The lowest BCUT2D eigenvalue weighted by Crippen LogP contribution is -2.41. The van der Waals surface area contributed by atoms with Gasteiger partial charge in [0.1, 0.15) is 0 Å². The zero-order valence-corrected chi connectivity index (χ0v) is 11.5. The van der Waals surface area contributed by atoms with Crippen LogP contribution in [0.2, 0.25) is 0 Å². The van der Waals surface area contributed by atoms with Gasteiger partial charge in [-0.05, 0) is 39.5 Å². The molecular weight excluding hydrogens is 198 g/mol. The van der Waals surface area contributed by atoms with Crippen molar-refractivity contribution in [1.82, 2.24) is 5.32 Å². The molecule has 1 aliphatic carbocycles. The van der Waals surface area contributed by atoms with Crippen molar-refractivity contribution >= 4 is 0 Å². The van der Waals surface area contributed by atoms with Crippen LogP contribution in [0.3, 0.4) is 0 Å². The summed E-state index contributed by atoms with van der Waals surface area (Å²) >= 11 is 0. The molecule has 0 amide bonds. The largest absolute Gasteiger partial charge is 0.381 e. The molecule has 1 rings (SSSR count). The lowest BCUT2D eigenvalue weighted by atomic mass is 9.90. The van der Waals surface area contributed by atoms with Gasteiger partial charge in [0, 0.05) is 18.7 Å². The van der Waals surface area contributed by atoms with Crippen molar-refractivity contribution < 1.29 is 4.74 Å². The second kappa shape index (κ2) is 6.61. The fraction of sp³-hybridized carbons (Fsp3) is 1.00. The molecule has 0 radical (unpaired) electrons. The molecule has 1 saturated carbocycles. The van der Waals surface area contributed by atoms with Crippen LogP contribution in [0.4, 0.5) is 0 Å². The van der Waals surface area contributed by atoms with Crippen molar-refractivity contribution in [3.8, 4) is 0 Å². The molecule has 1 N–H and O–H groups in total. The maximum atomic E-state index is 5.63. The van der Waals surface area contributed by atoms with Crippen LogP contribution in [-0.2, 0) is 4.74 Å². The summed E-state index contributed by atoms with van der Waals surface area (Å²) in [7, 11) is 0. The van der Waals surface area contributed by atoms with Crippen LogP contribution in [0.5, 0.6) is 0 Å². The van der Waals surface area contributed by atoms with E-state index in [1.165, 1.54) is 25.7 Å². The van der Waals surface area contributed by atoms with Crippen LogP contribution in [0.25, 0.3) is 0 Å². The Hall–Kier alpha value is -0.0800. The van der Waals surface area contributed by atoms with Gasteiger partial charge in [-0.15, -0.1) is 0 Å². The molecule has 0 bridgehead atoms. The maximum Gasteiger partial charge on any atom is 0.0508 e. The van der Waals surface area contributed by atoms with Gasteiger partial charge in [0.15, 0.2) is 0 Å². The van der Waals surface area contributed by atoms with E-state index in [0.717, 1.165) is 25.7 Å². The summed E-state index contributed by atoms with van der Waals surface area (Å²) in [5, 5.41) is 3.63. The van der Waals surface area contributed by atoms with Crippen molar-refractivity contribution in [2.75, 3.05) is 19.8 Å². The summed E-state index contributed by atoms with van der Waals surface area (Å²) < 4.78 is 5.63. The van der Waals surface area contributed by atoms with Crippen LogP contribution in [-0.4, -0.2) is 25.3 Å². The Kier molecular flexibility index (Phi) is 5.77. The normalized spacial score (nSPS) is 20.2. The third-order valence-corrected chi connectivity index (χ3v) is 3.50. The number of ether oxygens (including phenoxy) is 1. The average Bonchev–Trinajstić information content (AvgIpc) is 2.69. The first kappa shape index (κ1) is 14.0. The Bertz CT molecular complexity index is 180. The fourth-order valence-electron chi connectivity index (χ4n) is 2.50. The Labute approximate surface area is 101 Å². The highest BCUT2D eigenvalue weighted by Crippen LogP contribution is 2.31. The summed E-state index contributed by atoms with van der Waals surface area (Å²) in [6, 6.07) is 0. The quantitative estimate of drug-likeness (QED) is 0.752. The molecule has 1 atom stereocenters. The monoisotopic (exact) mass is 227 g/mol. The number of rotatable bonds is 6. The number of hydrogen-bond acceptors (Lipinski definition) is 2.